The molecule has 2 aromatic heterocycles. The van der Waals surface area contributed by atoms with Crippen molar-refractivity contribution in [1.29, 1.82) is 0 Å². The van der Waals surface area contributed by atoms with Crippen molar-refractivity contribution in [2.24, 2.45) is 0 Å². The Kier molecular flexibility index (Phi) is 5.87. The first-order valence-electron chi connectivity index (χ1n) is 10.4. The fraction of sp³-hybridized carbons (Fsp3) is 0.0769. The van der Waals surface area contributed by atoms with E-state index in [1.54, 1.807) is 24.4 Å². The zero-order chi connectivity index (χ0) is 22.6. The lowest BCUT2D eigenvalue weighted by atomic mass is 10.0. The van der Waals surface area contributed by atoms with Crippen molar-refractivity contribution in [1.82, 2.24) is 9.78 Å². The smallest absolute Gasteiger partial charge is 0.265 e. The molecule has 164 valence electrons. The number of anilines is 1. The highest BCUT2D eigenvalue weighted by Gasteiger charge is 2.12. The molecule has 33 heavy (non-hydrogen) atoms. The molecule has 0 atom stereocenters. The molecule has 0 spiro atoms. The van der Waals surface area contributed by atoms with Crippen LogP contribution < -0.4 is 10.1 Å². The van der Waals surface area contributed by atoms with Crippen molar-refractivity contribution in [3.05, 3.63) is 112 Å². The van der Waals surface area contributed by atoms with Crippen LogP contribution in [0, 0.1) is 5.82 Å². The summed E-state index contributed by atoms with van der Waals surface area (Å²) in [5.74, 6) is 0.0715. The summed E-state index contributed by atoms with van der Waals surface area (Å²) in [6, 6.07) is 22.1. The molecule has 5 rings (SSSR count). The fourth-order valence-electron chi connectivity index (χ4n) is 3.58. The van der Waals surface area contributed by atoms with Crippen molar-refractivity contribution < 1.29 is 13.9 Å². The Labute approximate surface area is 194 Å². The lowest BCUT2D eigenvalue weighted by Crippen LogP contribution is -2.09. The third kappa shape index (κ3) is 4.94. The Morgan fingerprint density at radius 2 is 1.88 bits per heavy atom. The molecule has 5 nitrogen and oxygen atoms in total. The van der Waals surface area contributed by atoms with Gasteiger partial charge in [-0.25, -0.2) is 4.39 Å². The average Bonchev–Trinajstić information content (AvgIpc) is 3.49. The molecule has 0 saturated carbocycles. The predicted molar refractivity (Wildman–Crippen MR) is 128 cm³/mol. The van der Waals surface area contributed by atoms with Gasteiger partial charge in [-0.15, -0.1) is 11.3 Å². The van der Waals surface area contributed by atoms with Gasteiger partial charge in [0.1, 0.15) is 18.2 Å². The lowest BCUT2D eigenvalue weighted by molar-refractivity contribution is 0.103. The molecule has 0 unspecified atom stereocenters. The average molecular weight is 458 g/mol. The van der Waals surface area contributed by atoms with Gasteiger partial charge in [0.15, 0.2) is 0 Å². The van der Waals surface area contributed by atoms with E-state index < -0.39 is 0 Å². The molecule has 1 N–H and O–H groups in total. The Morgan fingerprint density at radius 3 is 2.76 bits per heavy atom. The van der Waals surface area contributed by atoms with Gasteiger partial charge < -0.3 is 10.1 Å². The number of nitrogens with one attached hydrogen (secondary N) is 1. The van der Waals surface area contributed by atoms with Gasteiger partial charge in [-0.05, 0) is 52.0 Å². The number of hydrogen-bond acceptors (Lipinski definition) is 4. The molecule has 0 radical (unpaired) electrons. The van der Waals surface area contributed by atoms with Crippen molar-refractivity contribution in [3.8, 4) is 5.75 Å². The molecule has 0 aliphatic carbocycles. The lowest BCUT2D eigenvalue weighted by Gasteiger charge is -2.06. The number of carbonyl (C=O) groups is 1. The molecular weight excluding hydrogens is 437 g/mol. The number of halogens is 1. The van der Waals surface area contributed by atoms with Crippen LogP contribution in [0.1, 0.15) is 20.8 Å². The van der Waals surface area contributed by atoms with Gasteiger partial charge in [0.25, 0.3) is 5.91 Å². The summed E-state index contributed by atoms with van der Waals surface area (Å²) in [4.78, 5) is 13.2. The van der Waals surface area contributed by atoms with E-state index in [0.717, 1.165) is 11.1 Å². The van der Waals surface area contributed by atoms with Crippen molar-refractivity contribution >= 4 is 33.7 Å². The Morgan fingerprint density at radius 1 is 1.06 bits per heavy atom. The zero-order valence-electron chi connectivity index (χ0n) is 17.6. The van der Waals surface area contributed by atoms with E-state index in [0.29, 0.717) is 29.5 Å². The molecular formula is C26H20FN3O2S. The molecule has 2 heterocycles. The first kappa shape index (κ1) is 20.9. The fourth-order valence-corrected chi connectivity index (χ4v) is 4.37. The third-order valence-corrected chi connectivity index (χ3v) is 6.18. The van der Waals surface area contributed by atoms with E-state index in [-0.39, 0.29) is 11.7 Å². The van der Waals surface area contributed by atoms with E-state index in [1.807, 2.05) is 34.5 Å². The highest BCUT2D eigenvalue weighted by molar-refractivity contribution is 7.12. The second-order valence-electron chi connectivity index (χ2n) is 7.58. The molecule has 0 bridgehead atoms. The normalized spacial score (nSPS) is 10.9. The van der Waals surface area contributed by atoms with Gasteiger partial charge in [-0.3, -0.25) is 9.48 Å². The topological polar surface area (TPSA) is 56.2 Å². The van der Waals surface area contributed by atoms with Crippen LogP contribution in [-0.4, -0.2) is 15.7 Å². The first-order chi connectivity index (χ1) is 16.1. The number of aromatic nitrogens is 2. The Bertz CT molecular complexity index is 1400. The third-order valence-electron chi connectivity index (χ3n) is 5.20. The van der Waals surface area contributed by atoms with E-state index in [2.05, 4.69) is 34.7 Å². The second kappa shape index (κ2) is 9.26. The van der Waals surface area contributed by atoms with Gasteiger partial charge in [0.2, 0.25) is 0 Å². The van der Waals surface area contributed by atoms with Crippen molar-refractivity contribution in [2.45, 2.75) is 13.2 Å². The number of fused-ring (bicyclic) bond motifs is 1. The quantitative estimate of drug-likeness (QED) is 0.320. The molecule has 7 heteroatoms. The van der Waals surface area contributed by atoms with E-state index in [4.69, 9.17) is 4.74 Å². The van der Waals surface area contributed by atoms with Crippen LogP contribution >= 0.6 is 11.3 Å². The highest BCUT2D eigenvalue weighted by Crippen LogP contribution is 2.21. The van der Waals surface area contributed by atoms with Crippen LogP contribution in [0.25, 0.3) is 10.8 Å². The van der Waals surface area contributed by atoms with E-state index >= 15 is 0 Å². The number of hydrogen-bond donors (Lipinski definition) is 1. The van der Waals surface area contributed by atoms with Gasteiger partial charge >= 0.3 is 0 Å². The Hall–Kier alpha value is -3.97. The monoisotopic (exact) mass is 457 g/mol. The summed E-state index contributed by atoms with van der Waals surface area (Å²) in [6.45, 7) is 0.916. The maximum absolute atomic E-state index is 13.0. The Balaban J connectivity index is 1.21. The summed E-state index contributed by atoms with van der Waals surface area (Å²) in [5.41, 5.74) is 2.68. The summed E-state index contributed by atoms with van der Waals surface area (Å²) < 4.78 is 20.4. The number of ether oxygens (including phenoxy) is 1. The molecule has 3 aromatic carbocycles. The molecule has 0 aliphatic rings. The number of nitrogens with zero attached hydrogens (tertiary/aromatic N) is 2. The van der Waals surface area contributed by atoms with E-state index in [9.17, 15) is 9.18 Å². The first-order valence-corrected chi connectivity index (χ1v) is 11.3. The summed E-state index contributed by atoms with van der Waals surface area (Å²) in [7, 11) is 0. The van der Waals surface area contributed by atoms with E-state index in [1.165, 1.54) is 34.2 Å². The zero-order valence-corrected chi connectivity index (χ0v) is 18.4. The van der Waals surface area contributed by atoms with Gasteiger partial charge in [0.05, 0.1) is 23.3 Å². The SMILES string of the molecule is O=C(Nc1cnn(Cc2cccc3ccccc23)c1)c1cc(COc2ccc(F)cc2)cs1. The largest absolute Gasteiger partial charge is 0.489 e. The minimum absolute atomic E-state index is 0.197. The maximum Gasteiger partial charge on any atom is 0.265 e. The number of carbonyl (C=O) groups excluding carboxylic acids is 1. The molecule has 0 fully saturated rings. The van der Waals surface area contributed by atoms with Crippen molar-refractivity contribution in [3.63, 3.8) is 0 Å². The van der Waals surface area contributed by atoms with Crippen LogP contribution in [0.2, 0.25) is 0 Å². The van der Waals surface area contributed by atoms with Crippen LogP contribution in [0.4, 0.5) is 10.1 Å². The van der Waals surface area contributed by atoms with Crippen LogP contribution in [0.5, 0.6) is 5.75 Å². The summed E-state index contributed by atoms with van der Waals surface area (Å²) in [5, 5.41) is 11.6. The molecule has 0 saturated heterocycles. The van der Waals surface area contributed by atoms with Gasteiger partial charge in [-0.2, -0.15) is 5.10 Å². The highest BCUT2D eigenvalue weighted by atomic mass is 32.1. The molecule has 5 aromatic rings. The maximum atomic E-state index is 13.0. The number of rotatable bonds is 7. The minimum Gasteiger partial charge on any atom is -0.489 e. The summed E-state index contributed by atoms with van der Waals surface area (Å²) >= 11 is 1.35. The van der Waals surface area contributed by atoms with Crippen LogP contribution in [0.3, 0.4) is 0 Å². The van der Waals surface area contributed by atoms with Crippen LogP contribution in [-0.2, 0) is 13.2 Å². The second-order valence-corrected chi connectivity index (χ2v) is 8.49. The van der Waals surface area contributed by atoms with Gasteiger partial charge in [-0.1, -0.05) is 42.5 Å². The van der Waals surface area contributed by atoms with Gasteiger partial charge in [0, 0.05) is 11.8 Å². The number of amides is 1. The molecule has 0 aliphatic heterocycles. The predicted octanol–water partition coefficient (Wildman–Crippen LogP) is 6.12. The minimum atomic E-state index is -0.308. The summed E-state index contributed by atoms with van der Waals surface area (Å²) in [6.07, 6.45) is 3.47. The number of benzene rings is 3. The van der Waals surface area contributed by atoms with Crippen LogP contribution in [0.15, 0.2) is 90.6 Å². The number of thiophene rings is 1. The van der Waals surface area contributed by atoms with Crippen molar-refractivity contribution in [2.75, 3.05) is 5.32 Å². The molecule has 1 amide bonds. The standard InChI is InChI=1S/C26H20FN3O2S/c27-21-8-10-23(11-9-21)32-16-18-12-25(33-17-18)26(31)29-22-13-28-30(15-22)14-20-6-3-5-19-4-1-2-7-24(19)20/h1-13,15,17H,14,16H2,(H,29,31).